The number of nitrogens with zero attached hydrogens (tertiary/aromatic N) is 2. The minimum absolute atomic E-state index is 1.09. The quantitative estimate of drug-likeness (QED) is 0.504. The van der Waals surface area contributed by atoms with Crippen molar-refractivity contribution in [3.8, 4) is 0 Å². The fourth-order valence-electron chi connectivity index (χ4n) is 1.07. The monoisotopic (exact) mass is 120 g/mol. The number of hydrogen-bond donors (Lipinski definition) is 0. The van der Waals surface area contributed by atoms with E-state index in [4.69, 9.17) is 0 Å². The first-order valence-corrected chi connectivity index (χ1v) is 3.13. The molecule has 0 fully saturated rings. The maximum atomic E-state index is 4.02. The number of allylic oxidation sites excluding steroid dienone is 1. The molecule has 0 saturated carbocycles. The van der Waals surface area contributed by atoms with E-state index in [2.05, 4.69) is 21.7 Å². The van der Waals surface area contributed by atoms with Crippen LogP contribution in [0.1, 0.15) is 12.1 Å². The normalized spacial score (nSPS) is 15.6. The lowest BCUT2D eigenvalue weighted by molar-refractivity contribution is 0.692. The summed E-state index contributed by atoms with van der Waals surface area (Å²) in [6, 6.07) is 0. The molecule has 2 heteroatoms. The van der Waals surface area contributed by atoms with Gasteiger partial charge in [0.15, 0.2) is 0 Å². The van der Waals surface area contributed by atoms with Gasteiger partial charge in [0, 0.05) is 6.54 Å². The highest BCUT2D eigenvalue weighted by atomic mass is 15.0. The third-order valence-electron chi connectivity index (χ3n) is 1.57. The molecule has 0 saturated heterocycles. The van der Waals surface area contributed by atoms with Crippen LogP contribution in [0.15, 0.2) is 18.6 Å². The van der Waals surface area contributed by atoms with Gasteiger partial charge in [0.25, 0.3) is 0 Å². The second-order valence-corrected chi connectivity index (χ2v) is 2.20. The van der Waals surface area contributed by atoms with Crippen molar-refractivity contribution in [2.75, 3.05) is 0 Å². The molecule has 1 aliphatic heterocycles. The van der Waals surface area contributed by atoms with Gasteiger partial charge >= 0.3 is 0 Å². The molecule has 0 atom stereocenters. The molecule has 0 aromatic carbocycles. The Morgan fingerprint density at radius 2 is 2.56 bits per heavy atom. The SMILES string of the molecule is C1=Cc2cncn2CC1. The summed E-state index contributed by atoms with van der Waals surface area (Å²) in [7, 11) is 0. The molecule has 46 valence electrons. The molecule has 0 amide bonds. The van der Waals surface area contributed by atoms with Crippen molar-refractivity contribution >= 4 is 6.08 Å². The maximum Gasteiger partial charge on any atom is 0.0950 e. The molecule has 2 nitrogen and oxygen atoms in total. The van der Waals surface area contributed by atoms with Crippen molar-refractivity contribution in [3.63, 3.8) is 0 Å². The van der Waals surface area contributed by atoms with Crippen LogP contribution in [0.25, 0.3) is 6.08 Å². The summed E-state index contributed by atoms with van der Waals surface area (Å²) in [6.07, 6.45) is 9.19. The van der Waals surface area contributed by atoms with Gasteiger partial charge in [0.1, 0.15) is 0 Å². The molecule has 0 aliphatic carbocycles. The topological polar surface area (TPSA) is 17.8 Å². The van der Waals surface area contributed by atoms with E-state index in [-0.39, 0.29) is 0 Å². The van der Waals surface area contributed by atoms with Crippen LogP contribution in [0, 0.1) is 0 Å². The number of aryl methyl sites for hydroxylation is 1. The summed E-state index contributed by atoms with van der Waals surface area (Å²) >= 11 is 0. The van der Waals surface area contributed by atoms with Gasteiger partial charge in [0.2, 0.25) is 0 Å². The Morgan fingerprint density at radius 3 is 3.44 bits per heavy atom. The van der Waals surface area contributed by atoms with Gasteiger partial charge in [-0.05, 0) is 12.5 Å². The van der Waals surface area contributed by atoms with E-state index in [0.717, 1.165) is 13.0 Å². The Morgan fingerprint density at radius 1 is 1.56 bits per heavy atom. The van der Waals surface area contributed by atoms with Crippen LogP contribution >= 0.6 is 0 Å². The number of rotatable bonds is 0. The molecule has 9 heavy (non-hydrogen) atoms. The van der Waals surface area contributed by atoms with Crippen LogP contribution in [0.2, 0.25) is 0 Å². The Labute approximate surface area is 53.8 Å². The van der Waals surface area contributed by atoms with Gasteiger partial charge < -0.3 is 4.57 Å². The Balaban J connectivity index is 2.53. The molecule has 2 heterocycles. The first kappa shape index (κ1) is 4.79. The van der Waals surface area contributed by atoms with Gasteiger partial charge in [-0.15, -0.1) is 0 Å². The first-order chi connectivity index (χ1) is 4.47. The predicted octanol–water partition coefficient (Wildman–Crippen LogP) is 1.30. The maximum absolute atomic E-state index is 4.02. The Kier molecular flexibility index (Phi) is 0.918. The van der Waals surface area contributed by atoms with Gasteiger partial charge in [-0.1, -0.05) is 6.08 Å². The number of imidazole rings is 1. The van der Waals surface area contributed by atoms with E-state index >= 15 is 0 Å². The number of hydrogen-bond acceptors (Lipinski definition) is 1. The zero-order valence-electron chi connectivity index (χ0n) is 5.12. The molecular weight excluding hydrogens is 112 g/mol. The standard InChI is InChI=1S/C7H8N2/c1-2-4-9-6-8-5-7(9)3-1/h1,3,5-6H,2,4H2. The van der Waals surface area contributed by atoms with E-state index in [1.54, 1.807) is 0 Å². The van der Waals surface area contributed by atoms with Crippen LogP contribution in [0.4, 0.5) is 0 Å². The largest absolute Gasteiger partial charge is 0.331 e. The molecule has 0 unspecified atom stereocenters. The second kappa shape index (κ2) is 1.72. The Hall–Kier alpha value is -1.05. The third-order valence-corrected chi connectivity index (χ3v) is 1.57. The second-order valence-electron chi connectivity index (χ2n) is 2.20. The smallest absolute Gasteiger partial charge is 0.0950 e. The average Bonchev–Trinajstić information content (AvgIpc) is 2.33. The minimum atomic E-state index is 1.09. The van der Waals surface area contributed by atoms with Crippen LogP contribution in [-0.4, -0.2) is 9.55 Å². The lowest BCUT2D eigenvalue weighted by Gasteiger charge is -2.06. The van der Waals surface area contributed by atoms with Gasteiger partial charge in [-0.3, -0.25) is 0 Å². The zero-order chi connectivity index (χ0) is 6.10. The highest BCUT2D eigenvalue weighted by molar-refractivity contribution is 5.45. The predicted molar refractivity (Wildman–Crippen MR) is 35.9 cm³/mol. The molecular formula is C7H8N2. The highest BCUT2D eigenvalue weighted by Gasteiger charge is 1.99. The van der Waals surface area contributed by atoms with Crippen molar-refractivity contribution in [3.05, 3.63) is 24.3 Å². The average molecular weight is 120 g/mol. The first-order valence-electron chi connectivity index (χ1n) is 3.13. The van der Waals surface area contributed by atoms with E-state index in [1.165, 1.54) is 5.69 Å². The molecule has 0 radical (unpaired) electrons. The zero-order valence-corrected chi connectivity index (χ0v) is 5.12. The van der Waals surface area contributed by atoms with E-state index in [9.17, 15) is 0 Å². The fourth-order valence-corrected chi connectivity index (χ4v) is 1.07. The lowest BCUT2D eigenvalue weighted by atomic mass is 10.2. The number of aromatic nitrogens is 2. The molecule has 0 spiro atoms. The summed E-state index contributed by atoms with van der Waals surface area (Å²) in [6.45, 7) is 1.09. The summed E-state index contributed by atoms with van der Waals surface area (Å²) < 4.78 is 2.15. The van der Waals surface area contributed by atoms with Crippen LogP contribution < -0.4 is 0 Å². The molecule has 1 aromatic rings. The lowest BCUT2D eigenvalue weighted by Crippen LogP contribution is -2.00. The molecule has 1 aromatic heterocycles. The number of fused-ring (bicyclic) bond motifs is 1. The summed E-state index contributed by atoms with van der Waals surface area (Å²) in [5, 5.41) is 0. The van der Waals surface area contributed by atoms with Crippen molar-refractivity contribution in [1.29, 1.82) is 0 Å². The third kappa shape index (κ3) is 0.669. The summed E-state index contributed by atoms with van der Waals surface area (Å²) in [5.74, 6) is 0. The summed E-state index contributed by atoms with van der Waals surface area (Å²) in [5.41, 5.74) is 1.22. The van der Waals surface area contributed by atoms with Gasteiger partial charge in [0.05, 0.1) is 18.2 Å². The van der Waals surface area contributed by atoms with Crippen molar-refractivity contribution < 1.29 is 0 Å². The highest BCUT2D eigenvalue weighted by Crippen LogP contribution is 2.08. The Bertz CT molecular complexity index is 235. The van der Waals surface area contributed by atoms with Crippen LogP contribution in [-0.2, 0) is 6.54 Å². The van der Waals surface area contributed by atoms with Crippen LogP contribution in [0.5, 0.6) is 0 Å². The van der Waals surface area contributed by atoms with Gasteiger partial charge in [-0.2, -0.15) is 0 Å². The van der Waals surface area contributed by atoms with Crippen molar-refractivity contribution in [2.24, 2.45) is 0 Å². The van der Waals surface area contributed by atoms with Crippen LogP contribution in [0.3, 0.4) is 0 Å². The molecule has 2 rings (SSSR count). The molecule has 0 N–H and O–H groups in total. The molecule has 0 bridgehead atoms. The van der Waals surface area contributed by atoms with Crippen molar-refractivity contribution in [1.82, 2.24) is 9.55 Å². The minimum Gasteiger partial charge on any atom is -0.331 e. The van der Waals surface area contributed by atoms with E-state index in [0.29, 0.717) is 0 Å². The summed E-state index contributed by atoms with van der Waals surface area (Å²) in [4.78, 5) is 4.02. The van der Waals surface area contributed by atoms with Crippen molar-refractivity contribution in [2.45, 2.75) is 13.0 Å². The van der Waals surface area contributed by atoms with E-state index in [1.807, 2.05) is 12.5 Å². The molecule has 1 aliphatic rings. The van der Waals surface area contributed by atoms with E-state index < -0.39 is 0 Å². The fraction of sp³-hybridized carbons (Fsp3) is 0.286. The van der Waals surface area contributed by atoms with Gasteiger partial charge in [-0.25, -0.2) is 4.98 Å².